The van der Waals surface area contributed by atoms with E-state index in [4.69, 9.17) is 10.5 Å². The minimum absolute atomic E-state index is 0.0386. The molecule has 5 heteroatoms. The Morgan fingerprint density at radius 2 is 1.88 bits per heavy atom. The molecule has 5 unspecified atom stereocenters. The molecule has 3 heterocycles. The summed E-state index contributed by atoms with van der Waals surface area (Å²) in [6.07, 6.45) is 3.05. The first-order chi connectivity index (χ1) is 11.5. The van der Waals surface area contributed by atoms with Gasteiger partial charge >= 0.3 is 0 Å². The van der Waals surface area contributed by atoms with Gasteiger partial charge in [0.2, 0.25) is 5.91 Å². The van der Waals surface area contributed by atoms with E-state index in [0.29, 0.717) is 12.2 Å². The van der Waals surface area contributed by atoms with Crippen molar-refractivity contribution in [2.75, 3.05) is 22.9 Å². The lowest BCUT2D eigenvalue weighted by Gasteiger charge is -2.43. The molecule has 1 aromatic rings. The number of anilines is 2. The highest BCUT2D eigenvalue weighted by molar-refractivity contribution is 5.94. The van der Waals surface area contributed by atoms with Crippen molar-refractivity contribution in [3.8, 4) is 0 Å². The lowest BCUT2D eigenvalue weighted by molar-refractivity contribution is -0.117. The van der Waals surface area contributed by atoms with Crippen LogP contribution < -0.4 is 15.5 Å². The molecule has 2 fully saturated rings. The molecule has 0 spiro atoms. The van der Waals surface area contributed by atoms with Gasteiger partial charge in [0, 0.05) is 43.5 Å². The number of fused-ring (bicyclic) bond motifs is 3. The van der Waals surface area contributed by atoms with Gasteiger partial charge in [-0.1, -0.05) is 6.92 Å². The van der Waals surface area contributed by atoms with Crippen molar-refractivity contribution in [3.63, 3.8) is 0 Å². The van der Waals surface area contributed by atoms with Crippen LogP contribution in [0.25, 0.3) is 0 Å². The molecule has 130 valence electrons. The Labute approximate surface area is 143 Å². The normalized spacial score (nSPS) is 35.1. The maximum absolute atomic E-state index is 12.2. The predicted molar refractivity (Wildman–Crippen MR) is 95.3 cm³/mol. The van der Waals surface area contributed by atoms with Gasteiger partial charge in [-0.3, -0.25) is 4.79 Å². The van der Waals surface area contributed by atoms with Crippen molar-refractivity contribution in [2.24, 2.45) is 11.7 Å². The van der Waals surface area contributed by atoms with E-state index in [1.54, 1.807) is 6.92 Å². The summed E-state index contributed by atoms with van der Waals surface area (Å²) < 4.78 is 5.94. The van der Waals surface area contributed by atoms with Crippen LogP contribution in [-0.2, 0) is 9.53 Å². The first-order valence-corrected chi connectivity index (χ1v) is 9.05. The highest BCUT2D eigenvalue weighted by atomic mass is 16.5. The summed E-state index contributed by atoms with van der Waals surface area (Å²) in [5, 5.41) is 0. The zero-order chi connectivity index (χ0) is 17.0. The largest absolute Gasteiger partial charge is 0.371 e. The molecule has 1 amide bonds. The number of carbonyl (C=O) groups excluding carboxylic acids is 1. The topological polar surface area (TPSA) is 58.8 Å². The second-order valence-corrected chi connectivity index (χ2v) is 7.62. The molecule has 3 aliphatic rings. The average Bonchev–Trinajstić information content (AvgIpc) is 2.90. The third-order valence-electron chi connectivity index (χ3n) is 6.11. The minimum Gasteiger partial charge on any atom is -0.371 e. The van der Waals surface area contributed by atoms with Crippen molar-refractivity contribution >= 4 is 17.3 Å². The van der Waals surface area contributed by atoms with E-state index in [1.165, 1.54) is 5.69 Å². The molecular formula is C19H27N3O2. The number of hydrogen-bond donors (Lipinski definition) is 1. The molecule has 24 heavy (non-hydrogen) atoms. The molecule has 5 atom stereocenters. The quantitative estimate of drug-likeness (QED) is 0.860. The molecule has 4 rings (SSSR count). The summed E-state index contributed by atoms with van der Waals surface area (Å²) >= 11 is 0. The van der Waals surface area contributed by atoms with Gasteiger partial charge < -0.3 is 20.3 Å². The molecule has 0 aliphatic carbocycles. The van der Waals surface area contributed by atoms with Gasteiger partial charge in [-0.25, -0.2) is 0 Å². The van der Waals surface area contributed by atoms with E-state index in [-0.39, 0.29) is 23.9 Å². The second kappa shape index (κ2) is 5.74. The van der Waals surface area contributed by atoms with Crippen LogP contribution in [-0.4, -0.2) is 37.2 Å². The van der Waals surface area contributed by atoms with Crippen LogP contribution in [0.3, 0.4) is 0 Å². The summed E-state index contributed by atoms with van der Waals surface area (Å²) in [4.78, 5) is 16.5. The van der Waals surface area contributed by atoms with E-state index < -0.39 is 0 Å². The zero-order valence-electron chi connectivity index (χ0n) is 14.7. The molecule has 5 nitrogen and oxygen atoms in total. The summed E-state index contributed by atoms with van der Waals surface area (Å²) in [5.74, 6) is 0.317. The lowest BCUT2D eigenvalue weighted by atomic mass is 9.83. The number of carbonyl (C=O) groups is 1. The fourth-order valence-corrected chi connectivity index (χ4v) is 4.54. The molecule has 0 radical (unpaired) electrons. The van der Waals surface area contributed by atoms with E-state index in [2.05, 4.69) is 36.9 Å². The van der Waals surface area contributed by atoms with Crippen LogP contribution in [0.4, 0.5) is 11.4 Å². The van der Waals surface area contributed by atoms with Crippen molar-refractivity contribution in [1.82, 2.24) is 0 Å². The standard InChI is InChI=1S/C19H27N3O2/c1-11-12(2)22(13(3)23)18-7-4-14(8-17(18)19(11)20)21-9-15-5-6-16(10-21)24-15/h4,7-8,11-12,15-16,19H,5-6,9-10,20H2,1-3H3. The van der Waals surface area contributed by atoms with Crippen LogP contribution >= 0.6 is 0 Å². The van der Waals surface area contributed by atoms with Crippen molar-refractivity contribution < 1.29 is 9.53 Å². The van der Waals surface area contributed by atoms with Gasteiger partial charge in [0.1, 0.15) is 0 Å². The fourth-order valence-electron chi connectivity index (χ4n) is 4.54. The van der Waals surface area contributed by atoms with Crippen LogP contribution in [0.2, 0.25) is 0 Å². The second-order valence-electron chi connectivity index (χ2n) is 7.62. The number of benzene rings is 1. The van der Waals surface area contributed by atoms with Crippen LogP contribution in [0, 0.1) is 5.92 Å². The number of ether oxygens (including phenoxy) is 1. The van der Waals surface area contributed by atoms with Gasteiger partial charge in [0.25, 0.3) is 0 Å². The first-order valence-electron chi connectivity index (χ1n) is 9.05. The smallest absolute Gasteiger partial charge is 0.224 e. The van der Waals surface area contributed by atoms with Crippen LogP contribution in [0.1, 0.15) is 45.2 Å². The molecule has 0 aromatic heterocycles. The molecule has 0 saturated carbocycles. The number of morpholine rings is 1. The Bertz CT molecular complexity index is 650. The summed E-state index contributed by atoms with van der Waals surface area (Å²) in [5.41, 5.74) is 9.79. The molecule has 3 aliphatic heterocycles. The SMILES string of the molecule is CC(=O)N1c2ccc(N3CC4CCC(C3)O4)cc2C(N)C(C)C1C. The van der Waals surface area contributed by atoms with Crippen molar-refractivity contribution in [1.29, 1.82) is 0 Å². The van der Waals surface area contributed by atoms with Crippen LogP contribution in [0.15, 0.2) is 18.2 Å². The number of rotatable bonds is 1. The van der Waals surface area contributed by atoms with Gasteiger partial charge in [-0.2, -0.15) is 0 Å². The highest BCUT2D eigenvalue weighted by Crippen LogP contribution is 2.42. The van der Waals surface area contributed by atoms with Crippen molar-refractivity contribution in [2.45, 2.75) is 57.9 Å². The van der Waals surface area contributed by atoms with Gasteiger partial charge in [-0.05, 0) is 49.4 Å². The maximum Gasteiger partial charge on any atom is 0.224 e. The zero-order valence-corrected chi connectivity index (χ0v) is 14.7. The van der Waals surface area contributed by atoms with Crippen LogP contribution in [0.5, 0.6) is 0 Å². The minimum atomic E-state index is -0.0386. The summed E-state index contributed by atoms with van der Waals surface area (Å²) in [6.45, 7) is 7.76. The first kappa shape index (κ1) is 15.9. The Balaban J connectivity index is 1.70. The van der Waals surface area contributed by atoms with E-state index in [1.807, 2.05) is 4.90 Å². The highest BCUT2D eigenvalue weighted by Gasteiger charge is 2.38. The number of amides is 1. The lowest BCUT2D eigenvalue weighted by Crippen LogP contribution is -2.49. The number of nitrogens with zero attached hydrogens (tertiary/aromatic N) is 2. The summed E-state index contributed by atoms with van der Waals surface area (Å²) in [7, 11) is 0. The molecular weight excluding hydrogens is 302 g/mol. The third-order valence-corrected chi connectivity index (χ3v) is 6.11. The fraction of sp³-hybridized carbons (Fsp3) is 0.632. The van der Waals surface area contributed by atoms with Gasteiger partial charge in [0.05, 0.1) is 12.2 Å². The Hall–Kier alpha value is -1.59. The van der Waals surface area contributed by atoms with E-state index in [0.717, 1.165) is 37.2 Å². The average molecular weight is 329 g/mol. The third kappa shape index (κ3) is 2.42. The van der Waals surface area contributed by atoms with E-state index in [9.17, 15) is 4.79 Å². The Morgan fingerprint density at radius 1 is 1.21 bits per heavy atom. The molecule has 1 aromatic carbocycles. The Morgan fingerprint density at radius 3 is 2.50 bits per heavy atom. The predicted octanol–water partition coefficient (Wildman–Crippen LogP) is 2.45. The molecule has 2 N–H and O–H groups in total. The van der Waals surface area contributed by atoms with Gasteiger partial charge in [0.15, 0.2) is 0 Å². The maximum atomic E-state index is 12.2. The molecule has 2 saturated heterocycles. The number of hydrogen-bond acceptors (Lipinski definition) is 4. The monoisotopic (exact) mass is 329 g/mol. The number of nitrogens with two attached hydrogens (primary N) is 1. The molecule has 2 bridgehead atoms. The summed E-state index contributed by atoms with van der Waals surface area (Å²) in [6, 6.07) is 6.49. The van der Waals surface area contributed by atoms with E-state index >= 15 is 0 Å². The van der Waals surface area contributed by atoms with Gasteiger partial charge in [-0.15, -0.1) is 0 Å². The Kier molecular flexibility index (Phi) is 3.81. The van der Waals surface area contributed by atoms with Crippen molar-refractivity contribution in [3.05, 3.63) is 23.8 Å².